The molecule has 0 radical (unpaired) electrons. The smallest absolute Gasteiger partial charge is 0.308 e. The molecule has 0 unspecified atom stereocenters. The van der Waals surface area contributed by atoms with Crippen molar-refractivity contribution in [2.45, 2.75) is 45.1 Å². The quantitative estimate of drug-likeness (QED) is 0.486. The molecule has 2 aliphatic rings. The number of hydrogen-bond acceptors (Lipinski definition) is 5. The lowest BCUT2D eigenvalue weighted by atomic mass is 9.97. The molecule has 7 heteroatoms. The number of rotatable bonds is 4. The highest BCUT2D eigenvalue weighted by Gasteiger charge is 2.26. The Labute approximate surface area is 168 Å². The molecule has 2 fully saturated rings. The Morgan fingerprint density at radius 1 is 1.18 bits per heavy atom. The van der Waals surface area contributed by atoms with E-state index in [9.17, 15) is 4.79 Å². The largest absolute Gasteiger partial charge is 0.469 e. The molecule has 0 aromatic carbocycles. The molecular formula is C21H33N5O2. The van der Waals surface area contributed by atoms with Crippen LogP contribution in [0.25, 0.3) is 0 Å². The summed E-state index contributed by atoms with van der Waals surface area (Å²) in [5.74, 6) is 1.87. The number of aromatic nitrogens is 1. The second-order valence-corrected chi connectivity index (χ2v) is 7.61. The maximum atomic E-state index is 11.7. The number of hydrogen-bond donors (Lipinski definition) is 1. The molecule has 2 saturated heterocycles. The van der Waals surface area contributed by atoms with E-state index in [1.807, 2.05) is 6.20 Å². The molecule has 1 aromatic rings. The number of anilines is 1. The Balaban J connectivity index is 1.49. The number of ether oxygens (including phenoxy) is 1. The first-order valence-corrected chi connectivity index (χ1v) is 10.4. The molecule has 2 aliphatic heterocycles. The van der Waals surface area contributed by atoms with Crippen LogP contribution in [0.15, 0.2) is 23.3 Å². The predicted octanol–water partition coefficient (Wildman–Crippen LogP) is 2.42. The van der Waals surface area contributed by atoms with Crippen LogP contribution < -0.4 is 10.2 Å². The van der Waals surface area contributed by atoms with Crippen molar-refractivity contribution in [2.24, 2.45) is 10.9 Å². The Bertz CT molecular complexity index is 645. The Morgan fingerprint density at radius 2 is 1.89 bits per heavy atom. The first kappa shape index (κ1) is 20.4. The maximum Gasteiger partial charge on any atom is 0.308 e. The molecule has 0 bridgehead atoms. The van der Waals surface area contributed by atoms with Crippen molar-refractivity contribution in [3.8, 4) is 0 Å². The van der Waals surface area contributed by atoms with Gasteiger partial charge in [0, 0.05) is 46.0 Å². The van der Waals surface area contributed by atoms with E-state index >= 15 is 0 Å². The van der Waals surface area contributed by atoms with Crippen LogP contribution in [-0.4, -0.2) is 62.1 Å². The van der Waals surface area contributed by atoms with Crippen molar-refractivity contribution < 1.29 is 9.53 Å². The average Bonchev–Trinajstić information content (AvgIpc) is 3.04. The summed E-state index contributed by atoms with van der Waals surface area (Å²) in [6.07, 6.45) is 8.74. The zero-order chi connectivity index (χ0) is 19.8. The number of methoxy groups -OCH3 is 1. The topological polar surface area (TPSA) is 70.1 Å². The van der Waals surface area contributed by atoms with E-state index in [1.165, 1.54) is 32.8 Å². The van der Waals surface area contributed by atoms with Crippen LogP contribution in [0.5, 0.6) is 0 Å². The van der Waals surface area contributed by atoms with Gasteiger partial charge in [-0.25, -0.2) is 4.98 Å². The second-order valence-electron chi connectivity index (χ2n) is 7.61. The number of piperidine rings is 1. The van der Waals surface area contributed by atoms with Crippen LogP contribution in [0.4, 0.5) is 5.82 Å². The van der Waals surface area contributed by atoms with E-state index in [0.717, 1.165) is 56.4 Å². The van der Waals surface area contributed by atoms with Gasteiger partial charge in [0.2, 0.25) is 0 Å². The average molecular weight is 388 g/mol. The number of nitrogens with zero attached hydrogens (tertiary/aromatic N) is 4. The summed E-state index contributed by atoms with van der Waals surface area (Å²) < 4.78 is 4.86. The first-order valence-electron chi connectivity index (χ1n) is 10.4. The van der Waals surface area contributed by atoms with Gasteiger partial charge < -0.3 is 19.9 Å². The monoisotopic (exact) mass is 387 g/mol. The Kier molecular flexibility index (Phi) is 7.51. The summed E-state index contributed by atoms with van der Waals surface area (Å²) in [6.45, 7) is 4.53. The van der Waals surface area contributed by atoms with Gasteiger partial charge in [0.1, 0.15) is 5.82 Å². The summed E-state index contributed by atoms with van der Waals surface area (Å²) in [4.78, 5) is 25.4. The van der Waals surface area contributed by atoms with Gasteiger partial charge in [0.05, 0.1) is 13.0 Å². The molecular weight excluding hydrogens is 354 g/mol. The summed E-state index contributed by atoms with van der Waals surface area (Å²) in [7, 11) is 3.26. The van der Waals surface area contributed by atoms with Crippen LogP contribution in [0.1, 0.15) is 44.1 Å². The lowest BCUT2D eigenvalue weighted by Crippen LogP contribution is -2.46. The SMILES string of the molecule is CN=C(NCc1ccc(N2CCCCCC2)nc1)N1CCC(C(=O)OC)CC1. The van der Waals surface area contributed by atoms with Crippen molar-refractivity contribution >= 4 is 17.7 Å². The fourth-order valence-electron chi connectivity index (χ4n) is 4.02. The number of nitrogens with one attached hydrogen (secondary N) is 1. The summed E-state index contributed by atoms with van der Waals surface area (Å²) >= 11 is 0. The third kappa shape index (κ3) is 5.36. The number of carbonyl (C=O) groups excluding carboxylic acids is 1. The normalized spacial score (nSPS) is 19.3. The van der Waals surface area contributed by atoms with Gasteiger partial charge >= 0.3 is 5.97 Å². The number of aliphatic imine (C=N–C) groups is 1. The highest BCUT2D eigenvalue weighted by atomic mass is 16.5. The number of likely N-dealkylation sites (tertiary alicyclic amines) is 1. The van der Waals surface area contributed by atoms with E-state index in [0.29, 0.717) is 6.54 Å². The van der Waals surface area contributed by atoms with Crippen LogP contribution in [0, 0.1) is 5.92 Å². The minimum absolute atomic E-state index is 0.00934. The molecule has 0 spiro atoms. The molecule has 28 heavy (non-hydrogen) atoms. The molecule has 3 rings (SSSR count). The summed E-state index contributed by atoms with van der Waals surface area (Å²) in [5.41, 5.74) is 1.14. The van der Waals surface area contributed by atoms with E-state index in [4.69, 9.17) is 4.74 Å². The van der Waals surface area contributed by atoms with Gasteiger partial charge in [0.15, 0.2) is 5.96 Å². The molecule has 0 aliphatic carbocycles. The molecule has 0 amide bonds. The lowest BCUT2D eigenvalue weighted by Gasteiger charge is -2.33. The molecule has 0 saturated carbocycles. The zero-order valence-corrected chi connectivity index (χ0v) is 17.2. The first-order chi connectivity index (χ1) is 13.7. The summed E-state index contributed by atoms with van der Waals surface area (Å²) in [5, 5.41) is 3.43. The minimum atomic E-state index is -0.0989. The number of guanidine groups is 1. The van der Waals surface area contributed by atoms with E-state index < -0.39 is 0 Å². The highest BCUT2D eigenvalue weighted by molar-refractivity contribution is 5.80. The van der Waals surface area contributed by atoms with Crippen molar-refractivity contribution in [3.05, 3.63) is 23.9 Å². The third-order valence-electron chi connectivity index (χ3n) is 5.73. The molecule has 154 valence electrons. The molecule has 0 atom stereocenters. The number of carbonyl (C=O) groups is 1. The highest BCUT2D eigenvalue weighted by Crippen LogP contribution is 2.19. The predicted molar refractivity (Wildman–Crippen MR) is 111 cm³/mol. The van der Waals surface area contributed by atoms with Gasteiger partial charge in [-0.2, -0.15) is 0 Å². The number of pyridine rings is 1. The van der Waals surface area contributed by atoms with Gasteiger partial charge in [-0.05, 0) is 37.3 Å². The minimum Gasteiger partial charge on any atom is -0.469 e. The van der Waals surface area contributed by atoms with Crippen molar-refractivity contribution in [1.82, 2.24) is 15.2 Å². The van der Waals surface area contributed by atoms with E-state index in [2.05, 4.69) is 37.2 Å². The zero-order valence-electron chi connectivity index (χ0n) is 17.2. The summed E-state index contributed by atoms with van der Waals surface area (Å²) in [6, 6.07) is 4.28. The standard InChI is InChI=1S/C21H33N5O2/c1-22-21(26-13-9-18(10-14-26)20(27)28-2)24-16-17-7-8-19(23-15-17)25-11-5-3-4-6-12-25/h7-8,15,18H,3-6,9-14,16H2,1-2H3,(H,22,24). The lowest BCUT2D eigenvalue weighted by molar-refractivity contribution is -0.146. The van der Waals surface area contributed by atoms with Crippen LogP contribution >= 0.6 is 0 Å². The second kappa shape index (κ2) is 10.3. The van der Waals surface area contributed by atoms with Crippen molar-refractivity contribution in [2.75, 3.05) is 45.2 Å². The van der Waals surface area contributed by atoms with Gasteiger partial charge in [0.25, 0.3) is 0 Å². The molecule has 1 aromatic heterocycles. The Morgan fingerprint density at radius 3 is 2.46 bits per heavy atom. The van der Waals surface area contributed by atoms with Gasteiger partial charge in [-0.3, -0.25) is 9.79 Å². The molecule has 1 N–H and O–H groups in total. The van der Waals surface area contributed by atoms with Crippen molar-refractivity contribution in [1.29, 1.82) is 0 Å². The van der Waals surface area contributed by atoms with E-state index in [1.54, 1.807) is 7.05 Å². The van der Waals surface area contributed by atoms with Crippen LogP contribution in [0.2, 0.25) is 0 Å². The fraction of sp³-hybridized carbons (Fsp3) is 0.667. The van der Waals surface area contributed by atoms with Gasteiger partial charge in [-0.1, -0.05) is 18.9 Å². The fourth-order valence-corrected chi connectivity index (χ4v) is 4.02. The van der Waals surface area contributed by atoms with Crippen LogP contribution in [-0.2, 0) is 16.1 Å². The third-order valence-corrected chi connectivity index (χ3v) is 5.73. The number of esters is 1. The maximum absolute atomic E-state index is 11.7. The van der Waals surface area contributed by atoms with Crippen LogP contribution in [0.3, 0.4) is 0 Å². The van der Waals surface area contributed by atoms with Crippen molar-refractivity contribution in [3.63, 3.8) is 0 Å². The van der Waals surface area contributed by atoms with E-state index in [-0.39, 0.29) is 11.9 Å². The molecule has 3 heterocycles. The van der Waals surface area contributed by atoms with Gasteiger partial charge in [-0.15, -0.1) is 0 Å². The molecule has 7 nitrogen and oxygen atoms in total. The Hall–Kier alpha value is -2.31.